The molecular weight excluding hydrogens is 274 g/mol. The topological polar surface area (TPSA) is 85.6 Å². The molecule has 1 aromatic carbocycles. The van der Waals surface area contributed by atoms with Crippen LogP contribution in [0, 0.1) is 11.3 Å². The zero-order valence-corrected chi connectivity index (χ0v) is 12.0. The van der Waals surface area contributed by atoms with Gasteiger partial charge in [-0.05, 0) is 23.8 Å². The maximum absolute atomic E-state index is 11.3. The number of rotatable bonds is 5. The molecule has 0 amide bonds. The molecule has 1 rings (SSSR count). The van der Waals surface area contributed by atoms with Crippen LogP contribution < -0.4 is 9.47 Å². The fourth-order valence-electron chi connectivity index (χ4n) is 1.47. The fraction of sp³-hybridized carbons (Fsp3) is 0.267. The molecule has 0 atom stereocenters. The second kappa shape index (κ2) is 7.70. The van der Waals surface area contributed by atoms with Crippen molar-refractivity contribution in [2.45, 2.75) is 13.3 Å². The van der Waals surface area contributed by atoms with Gasteiger partial charge in [-0.3, -0.25) is 4.79 Å². The van der Waals surface area contributed by atoms with Crippen molar-refractivity contribution >= 4 is 18.0 Å². The van der Waals surface area contributed by atoms with E-state index in [0.29, 0.717) is 11.3 Å². The molecule has 0 bridgehead atoms. The summed E-state index contributed by atoms with van der Waals surface area (Å²) in [7, 11) is 2.62. The highest BCUT2D eigenvalue weighted by atomic mass is 16.6. The van der Waals surface area contributed by atoms with E-state index in [1.807, 2.05) is 0 Å². The first-order valence-corrected chi connectivity index (χ1v) is 6.14. The summed E-state index contributed by atoms with van der Waals surface area (Å²) in [4.78, 5) is 22.6. The number of ether oxygens (including phenoxy) is 3. The van der Waals surface area contributed by atoms with Crippen LogP contribution in [0.5, 0.6) is 11.5 Å². The molecule has 6 nitrogen and oxygen atoms in total. The van der Waals surface area contributed by atoms with Crippen LogP contribution in [-0.2, 0) is 14.3 Å². The minimum absolute atomic E-state index is 0.141. The van der Waals surface area contributed by atoms with E-state index in [0.717, 1.165) is 0 Å². The Morgan fingerprint density at radius 1 is 1.29 bits per heavy atom. The van der Waals surface area contributed by atoms with Gasteiger partial charge < -0.3 is 14.2 Å². The average Bonchev–Trinajstić information content (AvgIpc) is 2.52. The normalized spacial score (nSPS) is 10.5. The van der Waals surface area contributed by atoms with Crippen LogP contribution >= 0.6 is 0 Å². The van der Waals surface area contributed by atoms with Gasteiger partial charge in [0.15, 0.2) is 11.5 Å². The Kier molecular flexibility index (Phi) is 5.96. The molecule has 0 fully saturated rings. The third-order valence-electron chi connectivity index (χ3n) is 2.54. The standard InChI is InChI=1S/C15H15NO5/c1-4-14(17)21-12-6-5-10(8-13(12)19-2)7-11(9-16)15(18)20-3/h5-8H,4H2,1-3H3/b11-7+. The SMILES string of the molecule is CCC(=O)Oc1ccc(/C=C(\C#N)C(=O)OC)cc1OC. The van der Waals surface area contributed by atoms with Crippen LogP contribution in [0.25, 0.3) is 6.08 Å². The first-order chi connectivity index (χ1) is 10.0. The zero-order valence-electron chi connectivity index (χ0n) is 12.0. The van der Waals surface area contributed by atoms with Crippen LogP contribution in [0.15, 0.2) is 23.8 Å². The molecular formula is C15H15NO5. The Bertz CT molecular complexity index is 613. The first-order valence-electron chi connectivity index (χ1n) is 6.14. The largest absolute Gasteiger partial charge is 0.493 e. The minimum Gasteiger partial charge on any atom is -0.493 e. The van der Waals surface area contributed by atoms with Crippen LogP contribution in [0.1, 0.15) is 18.9 Å². The van der Waals surface area contributed by atoms with Gasteiger partial charge in [0, 0.05) is 6.42 Å². The van der Waals surface area contributed by atoms with E-state index < -0.39 is 5.97 Å². The molecule has 21 heavy (non-hydrogen) atoms. The lowest BCUT2D eigenvalue weighted by Crippen LogP contribution is -2.06. The average molecular weight is 289 g/mol. The second-order valence-corrected chi connectivity index (χ2v) is 3.90. The lowest BCUT2D eigenvalue weighted by molar-refractivity contribution is -0.135. The molecule has 0 aliphatic rings. The summed E-state index contributed by atoms with van der Waals surface area (Å²) in [6, 6.07) is 6.44. The van der Waals surface area contributed by atoms with Gasteiger partial charge in [-0.1, -0.05) is 13.0 Å². The number of nitrogens with zero attached hydrogens (tertiary/aromatic N) is 1. The molecule has 0 spiro atoms. The van der Waals surface area contributed by atoms with Gasteiger partial charge in [-0.2, -0.15) is 5.26 Å². The van der Waals surface area contributed by atoms with E-state index in [2.05, 4.69) is 4.74 Å². The van der Waals surface area contributed by atoms with Crippen molar-refractivity contribution in [3.05, 3.63) is 29.3 Å². The quantitative estimate of drug-likeness (QED) is 0.357. The van der Waals surface area contributed by atoms with Crippen molar-refractivity contribution in [3.63, 3.8) is 0 Å². The van der Waals surface area contributed by atoms with Crippen LogP contribution in [-0.4, -0.2) is 26.2 Å². The molecule has 1 aromatic rings. The van der Waals surface area contributed by atoms with Crippen LogP contribution in [0.2, 0.25) is 0 Å². The van der Waals surface area contributed by atoms with Gasteiger partial charge in [0.1, 0.15) is 11.6 Å². The molecule has 0 aliphatic heterocycles. The third-order valence-corrected chi connectivity index (χ3v) is 2.54. The Balaban J connectivity index is 3.13. The molecule has 110 valence electrons. The molecule has 0 aromatic heterocycles. The monoisotopic (exact) mass is 289 g/mol. The number of hydrogen-bond acceptors (Lipinski definition) is 6. The lowest BCUT2D eigenvalue weighted by atomic mass is 10.1. The summed E-state index contributed by atoms with van der Waals surface area (Å²) < 4.78 is 14.7. The number of esters is 2. The molecule has 0 saturated heterocycles. The van der Waals surface area contributed by atoms with Crippen molar-refractivity contribution < 1.29 is 23.8 Å². The molecule has 0 unspecified atom stereocenters. The van der Waals surface area contributed by atoms with Crippen molar-refractivity contribution in [1.82, 2.24) is 0 Å². The summed E-state index contributed by atoms with van der Waals surface area (Å²) in [6.07, 6.45) is 1.60. The first kappa shape index (κ1) is 16.2. The van der Waals surface area contributed by atoms with Gasteiger partial charge in [-0.25, -0.2) is 4.79 Å². The Morgan fingerprint density at radius 2 is 2.00 bits per heavy atom. The van der Waals surface area contributed by atoms with E-state index in [-0.39, 0.29) is 23.7 Å². The smallest absolute Gasteiger partial charge is 0.348 e. The van der Waals surface area contributed by atoms with Gasteiger partial charge in [0.25, 0.3) is 0 Å². The van der Waals surface area contributed by atoms with Gasteiger partial charge in [0.05, 0.1) is 14.2 Å². The van der Waals surface area contributed by atoms with Crippen molar-refractivity contribution in [3.8, 4) is 17.6 Å². The van der Waals surface area contributed by atoms with Crippen LogP contribution in [0.4, 0.5) is 0 Å². The highest BCUT2D eigenvalue weighted by molar-refractivity contribution is 5.97. The van der Waals surface area contributed by atoms with E-state index in [1.165, 1.54) is 26.4 Å². The predicted octanol–water partition coefficient (Wildman–Crippen LogP) is 2.09. The highest BCUT2D eigenvalue weighted by Gasteiger charge is 2.12. The summed E-state index contributed by atoms with van der Waals surface area (Å²) in [5.74, 6) is -0.507. The number of carbonyl (C=O) groups is 2. The molecule has 0 heterocycles. The summed E-state index contributed by atoms with van der Waals surface area (Å²) in [6.45, 7) is 1.68. The fourth-order valence-corrected chi connectivity index (χ4v) is 1.47. The predicted molar refractivity (Wildman–Crippen MR) is 74.5 cm³/mol. The van der Waals surface area contributed by atoms with Gasteiger partial charge in [-0.15, -0.1) is 0 Å². The third kappa shape index (κ3) is 4.35. The molecule has 0 radical (unpaired) electrons. The van der Waals surface area contributed by atoms with Crippen LogP contribution in [0.3, 0.4) is 0 Å². The maximum Gasteiger partial charge on any atom is 0.348 e. The maximum atomic E-state index is 11.3. The number of benzene rings is 1. The van der Waals surface area contributed by atoms with E-state index >= 15 is 0 Å². The highest BCUT2D eigenvalue weighted by Crippen LogP contribution is 2.29. The van der Waals surface area contributed by atoms with E-state index in [1.54, 1.807) is 25.1 Å². The van der Waals surface area contributed by atoms with Gasteiger partial charge >= 0.3 is 11.9 Å². The molecule has 6 heteroatoms. The number of methoxy groups -OCH3 is 2. The van der Waals surface area contributed by atoms with Crippen molar-refractivity contribution in [1.29, 1.82) is 5.26 Å². The molecule has 0 saturated carbocycles. The Morgan fingerprint density at radius 3 is 2.52 bits per heavy atom. The number of carbonyl (C=O) groups excluding carboxylic acids is 2. The zero-order chi connectivity index (χ0) is 15.8. The van der Waals surface area contributed by atoms with E-state index in [4.69, 9.17) is 14.7 Å². The Hall–Kier alpha value is -2.81. The number of hydrogen-bond donors (Lipinski definition) is 0. The van der Waals surface area contributed by atoms with E-state index in [9.17, 15) is 9.59 Å². The second-order valence-electron chi connectivity index (χ2n) is 3.90. The summed E-state index contributed by atoms with van der Waals surface area (Å²) in [5, 5.41) is 8.90. The Labute approximate surface area is 122 Å². The summed E-state index contributed by atoms with van der Waals surface area (Å²) >= 11 is 0. The lowest BCUT2D eigenvalue weighted by Gasteiger charge is -2.09. The van der Waals surface area contributed by atoms with Gasteiger partial charge in [0.2, 0.25) is 0 Å². The summed E-state index contributed by atoms with van der Waals surface area (Å²) in [5.41, 5.74) is 0.406. The van der Waals surface area contributed by atoms with Crippen molar-refractivity contribution in [2.75, 3.05) is 14.2 Å². The molecule has 0 N–H and O–H groups in total. The number of nitriles is 1. The molecule has 0 aliphatic carbocycles. The van der Waals surface area contributed by atoms with Crippen molar-refractivity contribution in [2.24, 2.45) is 0 Å². The minimum atomic E-state index is -0.724.